The van der Waals surface area contributed by atoms with Crippen molar-refractivity contribution in [1.29, 1.82) is 0 Å². The van der Waals surface area contributed by atoms with Gasteiger partial charge in [0.1, 0.15) is 0 Å². The second kappa shape index (κ2) is 7.66. The van der Waals surface area contributed by atoms with Crippen LogP contribution in [0.4, 0.5) is 5.69 Å². The van der Waals surface area contributed by atoms with Crippen LogP contribution in [0.15, 0.2) is 54.6 Å². The van der Waals surface area contributed by atoms with Gasteiger partial charge in [-0.3, -0.25) is 14.4 Å². The van der Waals surface area contributed by atoms with Gasteiger partial charge < -0.3 is 4.90 Å². The Kier molecular flexibility index (Phi) is 5.34. The molecule has 0 aliphatic carbocycles. The summed E-state index contributed by atoms with van der Waals surface area (Å²) in [5, 5.41) is 0.0607. The summed E-state index contributed by atoms with van der Waals surface area (Å²) in [6.45, 7) is 2.07. The number of nitrogens with zero attached hydrogens (tertiary/aromatic N) is 1. The molecule has 1 aliphatic rings. The van der Waals surface area contributed by atoms with Crippen molar-refractivity contribution in [3.8, 4) is 0 Å². The summed E-state index contributed by atoms with van der Waals surface area (Å²) in [4.78, 5) is 38.1. The third-order valence-electron chi connectivity index (χ3n) is 4.20. The van der Waals surface area contributed by atoms with Gasteiger partial charge in [-0.05, 0) is 18.1 Å². The molecule has 1 saturated heterocycles. The fourth-order valence-electron chi connectivity index (χ4n) is 3.01. The number of hydrogen-bond donors (Lipinski definition) is 0. The lowest BCUT2D eigenvalue weighted by atomic mass is 10.0. The maximum atomic E-state index is 12.8. The molecule has 0 bridgehead atoms. The Hall–Kier alpha value is -2.40. The Labute approximate surface area is 151 Å². The minimum atomic E-state index is -0.0921. The molecular weight excluding hydrogens is 334 g/mol. The van der Waals surface area contributed by atoms with Gasteiger partial charge in [0.2, 0.25) is 5.91 Å². The highest BCUT2D eigenvalue weighted by atomic mass is 32.2. The van der Waals surface area contributed by atoms with Crippen LogP contribution in [-0.4, -0.2) is 29.1 Å². The van der Waals surface area contributed by atoms with E-state index < -0.39 is 0 Å². The van der Waals surface area contributed by atoms with Crippen molar-refractivity contribution in [2.75, 3.05) is 17.2 Å². The van der Waals surface area contributed by atoms with E-state index in [1.807, 2.05) is 36.4 Å². The Morgan fingerprint density at radius 3 is 2.48 bits per heavy atom. The summed E-state index contributed by atoms with van der Waals surface area (Å²) in [5.74, 6) is 0.668. The molecule has 1 aliphatic heterocycles. The summed E-state index contributed by atoms with van der Waals surface area (Å²) in [5.41, 5.74) is 1.78. The van der Waals surface area contributed by atoms with Crippen LogP contribution < -0.4 is 4.90 Å². The third kappa shape index (κ3) is 3.99. The molecule has 0 spiro atoms. The van der Waals surface area contributed by atoms with Crippen molar-refractivity contribution < 1.29 is 14.4 Å². The number of para-hydroxylation sites is 1. The highest BCUT2D eigenvalue weighted by Gasteiger charge is 2.32. The van der Waals surface area contributed by atoms with Gasteiger partial charge in [-0.1, -0.05) is 54.2 Å². The van der Waals surface area contributed by atoms with Gasteiger partial charge in [0, 0.05) is 36.8 Å². The van der Waals surface area contributed by atoms with Crippen LogP contribution in [0, 0.1) is 5.92 Å². The second-order valence-corrected chi connectivity index (χ2v) is 7.29. The SMILES string of the molecule is CC(=O)SCC1CC(=O)N(c2ccccc2C(=O)c2ccccc2)C1. The smallest absolute Gasteiger partial charge is 0.227 e. The van der Waals surface area contributed by atoms with Crippen LogP contribution in [0.2, 0.25) is 0 Å². The van der Waals surface area contributed by atoms with Gasteiger partial charge >= 0.3 is 0 Å². The Morgan fingerprint density at radius 2 is 1.76 bits per heavy atom. The molecule has 128 valence electrons. The quantitative estimate of drug-likeness (QED) is 0.772. The summed E-state index contributed by atoms with van der Waals surface area (Å²) in [6, 6.07) is 16.3. The molecule has 0 N–H and O–H groups in total. The van der Waals surface area contributed by atoms with Crippen molar-refractivity contribution in [1.82, 2.24) is 0 Å². The number of hydrogen-bond acceptors (Lipinski definition) is 4. The first-order valence-electron chi connectivity index (χ1n) is 8.18. The molecule has 0 aromatic heterocycles. The van der Waals surface area contributed by atoms with E-state index in [4.69, 9.17) is 0 Å². The van der Waals surface area contributed by atoms with E-state index in [1.54, 1.807) is 23.1 Å². The number of amides is 1. The predicted molar refractivity (Wildman–Crippen MR) is 99.9 cm³/mol. The molecule has 3 rings (SSSR count). The average Bonchev–Trinajstić information content (AvgIpc) is 3.01. The molecule has 1 amide bonds. The fourth-order valence-corrected chi connectivity index (χ4v) is 3.70. The third-order valence-corrected chi connectivity index (χ3v) is 5.25. The van der Waals surface area contributed by atoms with Crippen molar-refractivity contribution in [3.05, 3.63) is 65.7 Å². The number of carbonyl (C=O) groups excluding carboxylic acids is 3. The minimum Gasteiger partial charge on any atom is -0.311 e. The van der Waals surface area contributed by atoms with Gasteiger partial charge in [-0.15, -0.1) is 0 Å². The summed E-state index contributed by atoms with van der Waals surface area (Å²) >= 11 is 1.25. The minimum absolute atomic E-state index is 0.00228. The largest absolute Gasteiger partial charge is 0.311 e. The van der Waals surface area contributed by atoms with Crippen LogP contribution in [0.25, 0.3) is 0 Å². The van der Waals surface area contributed by atoms with Crippen LogP contribution in [-0.2, 0) is 9.59 Å². The van der Waals surface area contributed by atoms with E-state index in [1.165, 1.54) is 18.7 Å². The van der Waals surface area contributed by atoms with E-state index >= 15 is 0 Å². The summed E-state index contributed by atoms with van der Waals surface area (Å²) in [6.07, 6.45) is 0.411. The maximum Gasteiger partial charge on any atom is 0.227 e. The van der Waals surface area contributed by atoms with E-state index in [2.05, 4.69) is 0 Å². The lowest BCUT2D eigenvalue weighted by Crippen LogP contribution is -2.26. The molecule has 2 aromatic carbocycles. The van der Waals surface area contributed by atoms with Gasteiger partial charge in [0.15, 0.2) is 10.9 Å². The van der Waals surface area contributed by atoms with Gasteiger partial charge in [-0.2, -0.15) is 0 Å². The predicted octanol–water partition coefficient (Wildman–Crippen LogP) is 3.55. The van der Waals surface area contributed by atoms with E-state index in [0.29, 0.717) is 35.5 Å². The maximum absolute atomic E-state index is 12.8. The molecule has 1 atom stereocenters. The first-order chi connectivity index (χ1) is 12.1. The number of carbonyl (C=O) groups is 3. The topological polar surface area (TPSA) is 54.5 Å². The van der Waals surface area contributed by atoms with Crippen molar-refractivity contribution in [3.63, 3.8) is 0 Å². The summed E-state index contributed by atoms with van der Waals surface area (Å²) < 4.78 is 0. The lowest BCUT2D eigenvalue weighted by molar-refractivity contribution is -0.117. The number of ketones is 1. The van der Waals surface area contributed by atoms with Crippen molar-refractivity contribution in [2.45, 2.75) is 13.3 Å². The Balaban J connectivity index is 1.85. The molecular formula is C20H19NO3S. The zero-order valence-corrected chi connectivity index (χ0v) is 14.8. The Bertz CT molecular complexity index is 804. The number of thioether (sulfide) groups is 1. The molecule has 0 radical (unpaired) electrons. The van der Waals surface area contributed by atoms with Crippen molar-refractivity contribution in [2.24, 2.45) is 5.92 Å². The lowest BCUT2D eigenvalue weighted by Gasteiger charge is -2.20. The van der Waals surface area contributed by atoms with Crippen LogP contribution in [0.3, 0.4) is 0 Å². The van der Waals surface area contributed by atoms with Crippen LogP contribution in [0.5, 0.6) is 0 Å². The van der Waals surface area contributed by atoms with Crippen molar-refractivity contribution >= 4 is 34.3 Å². The molecule has 1 heterocycles. The highest BCUT2D eigenvalue weighted by molar-refractivity contribution is 8.13. The summed E-state index contributed by atoms with van der Waals surface area (Å²) in [7, 11) is 0. The first-order valence-corrected chi connectivity index (χ1v) is 9.17. The van der Waals surface area contributed by atoms with E-state index in [0.717, 1.165) is 0 Å². The zero-order valence-electron chi connectivity index (χ0n) is 14.0. The molecule has 4 nitrogen and oxygen atoms in total. The second-order valence-electron chi connectivity index (χ2n) is 6.09. The number of rotatable bonds is 5. The molecule has 2 aromatic rings. The van der Waals surface area contributed by atoms with E-state index in [9.17, 15) is 14.4 Å². The molecule has 1 fully saturated rings. The van der Waals surface area contributed by atoms with Gasteiger partial charge in [0.25, 0.3) is 0 Å². The fraction of sp³-hybridized carbons (Fsp3) is 0.250. The van der Waals surface area contributed by atoms with Crippen LogP contribution >= 0.6 is 11.8 Å². The van der Waals surface area contributed by atoms with E-state index in [-0.39, 0.29) is 22.7 Å². The normalized spacial score (nSPS) is 16.9. The Morgan fingerprint density at radius 1 is 1.08 bits per heavy atom. The zero-order chi connectivity index (χ0) is 17.8. The molecule has 5 heteroatoms. The highest BCUT2D eigenvalue weighted by Crippen LogP contribution is 2.31. The average molecular weight is 353 g/mol. The molecule has 0 saturated carbocycles. The first kappa shape index (κ1) is 17.4. The van der Waals surface area contributed by atoms with Crippen LogP contribution in [0.1, 0.15) is 29.3 Å². The van der Waals surface area contributed by atoms with Gasteiger partial charge in [-0.25, -0.2) is 0 Å². The monoisotopic (exact) mass is 353 g/mol. The van der Waals surface area contributed by atoms with Gasteiger partial charge in [0.05, 0.1) is 5.69 Å². The standard InChI is InChI=1S/C20H19NO3S/c1-14(22)25-13-15-11-19(23)21(12-15)18-10-6-5-9-17(18)20(24)16-7-3-2-4-8-16/h2-10,15H,11-13H2,1H3. The number of benzene rings is 2. The molecule has 25 heavy (non-hydrogen) atoms. The number of anilines is 1. The molecule has 1 unspecified atom stereocenters.